The average molecular weight is 404 g/mol. The SMILES string of the molecule is C=c1c(Cc2ccc(C)cc2)nc2n1C=C(c1ccccc1)NC=2Cc1ccccc1. The molecule has 0 amide bonds. The topological polar surface area (TPSA) is 29.9 Å². The van der Waals surface area contributed by atoms with E-state index in [0.29, 0.717) is 0 Å². The number of fused-ring (bicyclic) bond motifs is 1. The zero-order valence-corrected chi connectivity index (χ0v) is 17.7. The zero-order valence-electron chi connectivity index (χ0n) is 17.7. The summed E-state index contributed by atoms with van der Waals surface area (Å²) in [6.07, 6.45) is 3.67. The van der Waals surface area contributed by atoms with Gasteiger partial charge in [0.2, 0.25) is 0 Å². The molecule has 1 aliphatic heterocycles. The Bertz CT molecular complexity index is 1350. The Morgan fingerprint density at radius 2 is 1.45 bits per heavy atom. The minimum Gasteiger partial charge on any atom is -0.354 e. The van der Waals surface area contributed by atoms with Crippen LogP contribution < -0.4 is 16.1 Å². The lowest BCUT2D eigenvalue weighted by Crippen LogP contribution is -2.35. The molecule has 0 unspecified atom stereocenters. The predicted octanol–water partition coefficient (Wildman–Crippen LogP) is 4.10. The molecule has 0 radical (unpaired) electrons. The summed E-state index contributed by atoms with van der Waals surface area (Å²) in [6.45, 7) is 6.50. The van der Waals surface area contributed by atoms with Gasteiger partial charge in [-0.3, -0.25) is 4.57 Å². The third-order valence-corrected chi connectivity index (χ3v) is 5.71. The predicted molar refractivity (Wildman–Crippen MR) is 128 cm³/mol. The molecule has 3 nitrogen and oxygen atoms in total. The number of rotatable bonds is 5. The van der Waals surface area contributed by atoms with E-state index in [-0.39, 0.29) is 0 Å². The fraction of sp³-hybridized carbons (Fsp3) is 0.107. The van der Waals surface area contributed by atoms with Crippen LogP contribution in [0, 0.1) is 6.92 Å². The van der Waals surface area contributed by atoms with Gasteiger partial charge in [0.05, 0.1) is 22.4 Å². The molecule has 1 N–H and O–H groups in total. The van der Waals surface area contributed by atoms with Crippen molar-refractivity contribution in [3.05, 3.63) is 124 Å². The van der Waals surface area contributed by atoms with Crippen molar-refractivity contribution in [2.24, 2.45) is 0 Å². The van der Waals surface area contributed by atoms with Gasteiger partial charge < -0.3 is 5.32 Å². The third kappa shape index (κ3) is 3.95. The van der Waals surface area contributed by atoms with Crippen LogP contribution in [0.4, 0.5) is 0 Å². The van der Waals surface area contributed by atoms with E-state index >= 15 is 0 Å². The van der Waals surface area contributed by atoms with Crippen LogP contribution in [0.3, 0.4) is 0 Å². The van der Waals surface area contributed by atoms with Crippen molar-refractivity contribution in [2.75, 3.05) is 0 Å². The summed E-state index contributed by atoms with van der Waals surface area (Å²) in [5, 5.41) is 4.59. The van der Waals surface area contributed by atoms with E-state index in [9.17, 15) is 0 Å². The first-order valence-electron chi connectivity index (χ1n) is 10.6. The Morgan fingerprint density at radius 3 is 2.16 bits per heavy atom. The van der Waals surface area contributed by atoms with Gasteiger partial charge in [0, 0.05) is 19.0 Å². The summed E-state index contributed by atoms with van der Waals surface area (Å²) in [5.74, 6) is 0. The molecular formula is C28H25N3. The highest BCUT2D eigenvalue weighted by molar-refractivity contribution is 5.80. The summed E-state index contributed by atoms with van der Waals surface area (Å²) in [5.41, 5.74) is 9.01. The lowest BCUT2D eigenvalue weighted by Gasteiger charge is -2.19. The second-order valence-electron chi connectivity index (χ2n) is 8.04. The van der Waals surface area contributed by atoms with E-state index in [2.05, 4.69) is 102 Å². The Morgan fingerprint density at radius 1 is 0.806 bits per heavy atom. The summed E-state index contributed by atoms with van der Waals surface area (Å²) < 4.78 is 2.14. The Hall–Kier alpha value is -3.85. The molecule has 3 aromatic carbocycles. The van der Waals surface area contributed by atoms with Gasteiger partial charge in [0.25, 0.3) is 0 Å². The van der Waals surface area contributed by atoms with Crippen molar-refractivity contribution in [2.45, 2.75) is 19.8 Å². The highest BCUT2D eigenvalue weighted by atomic mass is 15.1. The minimum absolute atomic E-state index is 0.770. The second-order valence-corrected chi connectivity index (χ2v) is 8.04. The number of imidazole rings is 1. The molecule has 0 aliphatic carbocycles. The number of aryl methyl sites for hydroxylation is 1. The van der Waals surface area contributed by atoms with Crippen molar-refractivity contribution in [1.82, 2.24) is 14.9 Å². The van der Waals surface area contributed by atoms with Gasteiger partial charge in [-0.15, -0.1) is 0 Å². The van der Waals surface area contributed by atoms with E-state index in [1.54, 1.807) is 0 Å². The van der Waals surface area contributed by atoms with Gasteiger partial charge in [-0.25, -0.2) is 4.98 Å². The normalized spacial score (nSPS) is 12.8. The van der Waals surface area contributed by atoms with Crippen LogP contribution in [0.5, 0.6) is 0 Å². The van der Waals surface area contributed by atoms with Crippen LogP contribution in [-0.4, -0.2) is 9.55 Å². The molecule has 0 spiro atoms. The summed E-state index contributed by atoms with van der Waals surface area (Å²) >= 11 is 0. The number of nitrogens with one attached hydrogen (secondary N) is 1. The maximum Gasteiger partial charge on any atom is 0.157 e. The van der Waals surface area contributed by atoms with Crippen molar-refractivity contribution in [3.8, 4) is 0 Å². The molecule has 0 atom stereocenters. The van der Waals surface area contributed by atoms with Gasteiger partial charge in [-0.1, -0.05) is 97.1 Å². The molecule has 152 valence electrons. The van der Waals surface area contributed by atoms with E-state index < -0.39 is 0 Å². The summed E-state index contributed by atoms with van der Waals surface area (Å²) in [6, 6.07) is 29.6. The molecule has 3 heteroatoms. The highest BCUT2D eigenvalue weighted by Crippen LogP contribution is 2.18. The third-order valence-electron chi connectivity index (χ3n) is 5.71. The molecule has 0 saturated heterocycles. The summed E-state index contributed by atoms with van der Waals surface area (Å²) in [4.78, 5) is 5.03. The summed E-state index contributed by atoms with van der Waals surface area (Å²) in [7, 11) is 0. The molecule has 4 aromatic rings. The van der Waals surface area contributed by atoms with Gasteiger partial charge in [0.15, 0.2) is 5.48 Å². The molecule has 31 heavy (non-hydrogen) atoms. The first-order valence-corrected chi connectivity index (χ1v) is 10.6. The van der Waals surface area contributed by atoms with Gasteiger partial charge in [-0.2, -0.15) is 0 Å². The van der Waals surface area contributed by atoms with Crippen LogP contribution in [0.15, 0.2) is 84.9 Å². The van der Waals surface area contributed by atoms with E-state index in [1.165, 1.54) is 16.7 Å². The minimum atomic E-state index is 0.770. The van der Waals surface area contributed by atoms with Crippen LogP contribution in [-0.2, 0) is 12.8 Å². The van der Waals surface area contributed by atoms with Crippen LogP contribution in [0.25, 0.3) is 24.2 Å². The molecule has 1 aromatic heterocycles. The second kappa shape index (κ2) is 8.11. The van der Waals surface area contributed by atoms with E-state index in [4.69, 9.17) is 4.98 Å². The number of benzene rings is 3. The lowest BCUT2D eigenvalue weighted by atomic mass is 10.1. The fourth-order valence-corrected chi connectivity index (χ4v) is 3.97. The first-order chi connectivity index (χ1) is 15.2. The number of aromatic nitrogens is 2. The van der Waals surface area contributed by atoms with Crippen molar-refractivity contribution < 1.29 is 0 Å². The largest absolute Gasteiger partial charge is 0.354 e. The lowest BCUT2D eigenvalue weighted by molar-refractivity contribution is 0.944. The number of hydrogen-bond acceptors (Lipinski definition) is 2. The molecule has 1 aliphatic rings. The molecular weight excluding hydrogens is 378 g/mol. The Labute approximate surface area is 182 Å². The monoisotopic (exact) mass is 403 g/mol. The van der Waals surface area contributed by atoms with E-state index in [0.717, 1.165) is 46.3 Å². The number of nitrogens with zero attached hydrogens (tertiary/aromatic N) is 2. The van der Waals surface area contributed by atoms with Crippen LogP contribution in [0.1, 0.15) is 27.9 Å². The average Bonchev–Trinajstić information content (AvgIpc) is 3.12. The molecule has 5 rings (SSSR count). The first kappa shape index (κ1) is 19.1. The van der Waals surface area contributed by atoms with Crippen molar-refractivity contribution in [1.29, 1.82) is 0 Å². The zero-order chi connectivity index (χ0) is 21.2. The van der Waals surface area contributed by atoms with Crippen LogP contribution in [0.2, 0.25) is 0 Å². The van der Waals surface area contributed by atoms with Gasteiger partial charge in [-0.05, 0) is 23.6 Å². The molecule has 0 fully saturated rings. The molecule has 0 saturated carbocycles. The maximum atomic E-state index is 5.03. The van der Waals surface area contributed by atoms with Crippen LogP contribution >= 0.6 is 0 Å². The maximum absolute atomic E-state index is 5.03. The molecule has 2 heterocycles. The smallest absolute Gasteiger partial charge is 0.157 e. The Balaban J connectivity index is 1.61. The Kier molecular flexibility index (Phi) is 5.01. The van der Waals surface area contributed by atoms with Crippen molar-refractivity contribution >= 4 is 24.2 Å². The number of hydrogen-bond donors (Lipinski definition) is 1. The van der Waals surface area contributed by atoms with Gasteiger partial charge in [0.1, 0.15) is 0 Å². The standard InChI is InChI=1S/C28H25N3/c1-20-13-15-23(16-14-20)17-25-21(2)31-19-27(24-11-7-4-8-12-24)29-26(28(31)30-25)18-22-9-5-3-6-10-22/h3-16,19,29H,2,17-18H2,1H3. The molecule has 0 bridgehead atoms. The quantitative estimate of drug-likeness (QED) is 0.544. The van der Waals surface area contributed by atoms with Gasteiger partial charge >= 0.3 is 0 Å². The van der Waals surface area contributed by atoms with E-state index in [1.807, 2.05) is 12.1 Å². The fourth-order valence-electron chi connectivity index (χ4n) is 3.97. The highest BCUT2D eigenvalue weighted by Gasteiger charge is 2.17. The van der Waals surface area contributed by atoms with Crippen molar-refractivity contribution in [3.63, 3.8) is 0 Å².